The Morgan fingerprint density at radius 3 is 2.71 bits per heavy atom. The number of alkyl halides is 3. The summed E-state index contributed by atoms with van der Waals surface area (Å²) < 4.78 is 52.4. The first-order valence-corrected chi connectivity index (χ1v) is 13.6. The maximum Gasteiger partial charge on any atom is 0.443 e. The molecule has 10 nitrogen and oxygen atoms in total. The van der Waals surface area contributed by atoms with E-state index < -0.39 is 23.3 Å². The summed E-state index contributed by atoms with van der Waals surface area (Å²) in [5.74, 6) is 1.78. The van der Waals surface area contributed by atoms with E-state index in [1.54, 1.807) is 17.0 Å². The number of aliphatic imine (C=N–C) groups is 1. The molecule has 0 bridgehead atoms. The highest BCUT2D eigenvalue weighted by Gasteiger charge is 2.39. The molecule has 0 saturated carbocycles. The van der Waals surface area contributed by atoms with Crippen molar-refractivity contribution in [3.63, 3.8) is 0 Å². The van der Waals surface area contributed by atoms with Crippen LogP contribution >= 0.6 is 11.3 Å². The molecule has 2 N–H and O–H groups in total. The van der Waals surface area contributed by atoms with E-state index in [-0.39, 0.29) is 41.9 Å². The van der Waals surface area contributed by atoms with E-state index in [2.05, 4.69) is 36.7 Å². The predicted molar refractivity (Wildman–Crippen MR) is 150 cm³/mol. The lowest BCUT2D eigenvalue weighted by Crippen LogP contribution is -2.42. The summed E-state index contributed by atoms with van der Waals surface area (Å²) in [4.78, 5) is 23.3. The number of rotatable bonds is 6. The molecule has 0 unspecified atom stereocenters. The molecular weight excluding hydrogens is 571 g/mol. The molecule has 214 valence electrons. The number of aromatic nitrogens is 3. The van der Waals surface area contributed by atoms with Gasteiger partial charge >= 0.3 is 12.2 Å². The number of benzene rings is 2. The number of benzodiazepines with no additional fused rings is 1. The number of hydrogen-bond donors (Lipinski definition) is 2. The van der Waals surface area contributed by atoms with Crippen molar-refractivity contribution in [2.24, 2.45) is 4.99 Å². The van der Waals surface area contributed by atoms with E-state index in [9.17, 15) is 18.0 Å². The molecule has 2 aliphatic rings. The first kappa shape index (κ1) is 27.4. The average molecular weight is 594 g/mol. The maximum atomic E-state index is 13.7. The van der Waals surface area contributed by atoms with Crippen LogP contribution in [0.4, 0.5) is 29.9 Å². The Morgan fingerprint density at radius 2 is 1.93 bits per heavy atom. The van der Waals surface area contributed by atoms with Crippen molar-refractivity contribution in [2.75, 3.05) is 35.2 Å². The van der Waals surface area contributed by atoms with Gasteiger partial charge in [-0.1, -0.05) is 65.0 Å². The van der Waals surface area contributed by atoms with Gasteiger partial charge in [0.25, 0.3) is 11.8 Å². The fourth-order valence-corrected chi connectivity index (χ4v) is 5.58. The predicted octanol–water partition coefficient (Wildman–Crippen LogP) is 4.67. The van der Waals surface area contributed by atoms with Crippen molar-refractivity contribution in [3.8, 4) is 23.9 Å². The lowest BCUT2D eigenvalue weighted by molar-refractivity contribution is -0.137. The van der Waals surface area contributed by atoms with Crippen molar-refractivity contribution >= 4 is 39.7 Å². The Kier molecular flexibility index (Phi) is 7.36. The summed E-state index contributed by atoms with van der Waals surface area (Å²) in [7, 11) is 0. The number of carbonyl (C=O) groups is 1. The molecular formula is C28H22F3N7O3S. The van der Waals surface area contributed by atoms with Gasteiger partial charge < -0.3 is 24.7 Å². The maximum absolute atomic E-state index is 13.7. The van der Waals surface area contributed by atoms with E-state index in [4.69, 9.17) is 15.6 Å². The van der Waals surface area contributed by atoms with Gasteiger partial charge in [0.05, 0.1) is 24.1 Å². The van der Waals surface area contributed by atoms with Gasteiger partial charge in [0.1, 0.15) is 5.00 Å². The summed E-state index contributed by atoms with van der Waals surface area (Å²) >= 11 is 0.475. The number of hydrogen-bond acceptors (Lipinski definition) is 10. The van der Waals surface area contributed by atoms with Crippen LogP contribution in [0.1, 0.15) is 22.6 Å². The number of halogens is 3. The second kappa shape index (κ2) is 11.3. The Bertz CT molecular complexity index is 1680. The largest absolute Gasteiger partial charge is 0.443 e. The number of para-hydroxylation sites is 1. The molecule has 1 fully saturated rings. The van der Waals surface area contributed by atoms with Gasteiger partial charge in [0, 0.05) is 30.6 Å². The Morgan fingerprint density at radius 1 is 1.14 bits per heavy atom. The minimum Gasteiger partial charge on any atom is -0.402 e. The first-order chi connectivity index (χ1) is 20.3. The fraction of sp³-hybridized carbons (Fsp3) is 0.250. The number of ether oxygens (including phenoxy) is 1. The molecule has 1 amide bonds. The number of thiazole rings is 1. The molecule has 2 atom stereocenters. The Labute approximate surface area is 241 Å². The lowest BCUT2D eigenvalue weighted by atomic mass is 10.0. The second-order valence-electron chi connectivity index (χ2n) is 9.36. The minimum absolute atomic E-state index is 0.125. The van der Waals surface area contributed by atoms with E-state index in [1.165, 1.54) is 0 Å². The summed E-state index contributed by atoms with van der Waals surface area (Å²) in [6.45, 7) is 0.880. The summed E-state index contributed by atoms with van der Waals surface area (Å²) in [6, 6.07) is 16.4. The van der Waals surface area contributed by atoms with Gasteiger partial charge in [0.2, 0.25) is 11.2 Å². The third-order valence-electron chi connectivity index (χ3n) is 6.50. The molecule has 2 aliphatic heterocycles. The van der Waals surface area contributed by atoms with Crippen molar-refractivity contribution in [2.45, 2.75) is 24.9 Å². The number of terminal acetylenes is 1. The van der Waals surface area contributed by atoms with Gasteiger partial charge in [-0.3, -0.25) is 4.79 Å². The molecule has 1 saturated heterocycles. The normalized spacial score (nSPS) is 18.9. The highest BCUT2D eigenvalue weighted by molar-refractivity contribution is 7.16. The number of fused-ring (bicyclic) bond motifs is 1. The van der Waals surface area contributed by atoms with Crippen LogP contribution in [0.5, 0.6) is 0 Å². The molecule has 6 rings (SSSR count). The lowest BCUT2D eigenvalue weighted by Gasteiger charge is -2.32. The van der Waals surface area contributed by atoms with Crippen LogP contribution in [0, 0.1) is 12.3 Å². The van der Waals surface area contributed by atoms with Gasteiger partial charge in [-0.05, 0) is 6.07 Å². The third-order valence-corrected chi connectivity index (χ3v) is 7.67. The molecule has 42 heavy (non-hydrogen) atoms. The van der Waals surface area contributed by atoms with Crippen molar-refractivity contribution in [1.29, 1.82) is 0 Å². The third kappa shape index (κ3) is 5.56. The van der Waals surface area contributed by atoms with Gasteiger partial charge in [-0.25, -0.2) is 9.98 Å². The number of carbonyl (C=O) groups excluding carboxylic acids is 1. The summed E-state index contributed by atoms with van der Waals surface area (Å²) in [6.07, 6.45) is -0.500. The molecule has 0 radical (unpaired) electrons. The number of anilines is 3. The Balaban J connectivity index is 1.32. The average Bonchev–Trinajstić information content (AvgIpc) is 3.61. The van der Waals surface area contributed by atoms with Gasteiger partial charge in [0.15, 0.2) is 5.69 Å². The summed E-state index contributed by atoms with van der Waals surface area (Å²) in [5.41, 5.74) is 2.49. The van der Waals surface area contributed by atoms with E-state index in [1.807, 2.05) is 42.5 Å². The van der Waals surface area contributed by atoms with Crippen LogP contribution in [0.15, 0.2) is 64.0 Å². The van der Waals surface area contributed by atoms with Crippen molar-refractivity contribution in [3.05, 3.63) is 70.7 Å². The monoisotopic (exact) mass is 593 g/mol. The van der Waals surface area contributed by atoms with Gasteiger partial charge in [-0.2, -0.15) is 13.2 Å². The summed E-state index contributed by atoms with van der Waals surface area (Å²) in [5, 5.41) is 12.7. The van der Waals surface area contributed by atoms with Crippen LogP contribution in [0.25, 0.3) is 11.6 Å². The minimum atomic E-state index is -4.68. The van der Waals surface area contributed by atoms with Crippen molar-refractivity contribution < 1.29 is 27.1 Å². The van der Waals surface area contributed by atoms with E-state index in [0.717, 1.165) is 5.56 Å². The fourth-order valence-electron chi connectivity index (χ4n) is 4.62. The van der Waals surface area contributed by atoms with E-state index in [0.29, 0.717) is 41.3 Å². The van der Waals surface area contributed by atoms with E-state index >= 15 is 0 Å². The molecule has 4 heterocycles. The quantitative estimate of drug-likeness (QED) is 0.310. The molecule has 4 aromatic rings. The molecule has 0 spiro atoms. The number of nitrogens with one attached hydrogen (secondary N) is 2. The molecule has 0 aliphatic carbocycles. The number of nitrogens with zero attached hydrogens (tertiary/aromatic N) is 5. The zero-order valence-electron chi connectivity index (χ0n) is 21.8. The van der Waals surface area contributed by atoms with Crippen LogP contribution in [0.3, 0.4) is 0 Å². The Hall–Kier alpha value is -4.74. The van der Waals surface area contributed by atoms with Gasteiger partial charge in [-0.15, -0.1) is 17.4 Å². The molecule has 2 aromatic heterocycles. The molecule has 2 aromatic carbocycles. The second-order valence-corrected chi connectivity index (χ2v) is 10.3. The van der Waals surface area contributed by atoms with Crippen LogP contribution in [0.2, 0.25) is 0 Å². The number of morpholine rings is 1. The number of amides is 1. The zero-order valence-corrected chi connectivity index (χ0v) is 22.6. The highest BCUT2D eigenvalue weighted by Crippen LogP contribution is 2.43. The standard InChI is InChI=1S/C28H22F3N7O3S/c1-2-8-17-15-38(13-14-40-17)25-21(34-26(42-25)28(29,30)31)24-36-37-27(41-24)35-22-23(39)32-19-12-7-6-11-18(19)20(33-22)16-9-4-3-5-10-16/h1,3-7,9-12,17,22H,8,13-15H2,(H,32,39)(H,35,37)/t17-,22-/m0/s1. The van der Waals surface area contributed by atoms with Crippen LogP contribution < -0.4 is 15.5 Å². The van der Waals surface area contributed by atoms with Crippen LogP contribution in [-0.4, -0.2) is 58.8 Å². The molecule has 14 heteroatoms. The van der Waals surface area contributed by atoms with Crippen molar-refractivity contribution in [1.82, 2.24) is 15.2 Å². The SMILES string of the molecule is C#CC[C@H]1CN(c2sc(C(F)(F)F)nc2-c2nnc(N[C@@H]3N=C(c4ccccc4)c4ccccc4NC3=O)o2)CCO1. The highest BCUT2D eigenvalue weighted by atomic mass is 32.1. The topological polar surface area (TPSA) is 118 Å². The zero-order chi connectivity index (χ0) is 29.3. The smallest absolute Gasteiger partial charge is 0.402 e. The van der Waals surface area contributed by atoms with Crippen LogP contribution in [-0.2, 0) is 15.7 Å². The first-order valence-electron chi connectivity index (χ1n) is 12.8.